The smallest absolute Gasteiger partial charge is 0.0950 e. The molecule has 1 N–H and O–H groups in total. The number of rotatable bonds is 4. The Morgan fingerprint density at radius 2 is 2.08 bits per heavy atom. The maximum atomic E-state index is 8.74. The fourth-order valence-corrected chi connectivity index (χ4v) is 1.98. The standard InChI is InChI=1S/C11H20N2/c1-2-11(8-12)13-9-10-6-4-3-5-7-10/h10-11,13H,2-7,9H2,1H3. The second-order valence-electron chi connectivity index (χ2n) is 4.00. The predicted molar refractivity (Wildman–Crippen MR) is 54.3 cm³/mol. The van der Waals surface area contributed by atoms with E-state index in [-0.39, 0.29) is 6.04 Å². The Kier molecular flexibility index (Phi) is 4.85. The first-order valence-electron chi connectivity index (χ1n) is 5.49. The van der Waals surface area contributed by atoms with Gasteiger partial charge in [0.25, 0.3) is 0 Å². The summed E-state index contributed by atoms with van der Waals surface area (Å²) >= 11 is 0. The number of hydrogen-bond donors (Lipinski definition) is 1. The molecule has 0 spiro atoms. The third kappa shape index (κ3) is 3.78. The normalized spacial score (nSPS) is 20.9. The van der Waals surface area contributed by atoms with Gasteiger partial charge in [0.2, 0.25) is 0 Å². The molecule has 0 amide bonds. The Morgan fingerprint density at radius 3 is 2.62 bits per heavy atom. The van der Waals surface area contributed by atoms with Crippen molar-refractivity contribution in [2.75, 3.05) is 6.54 Å². The highest BCUT2D eigenvalue weighted by Gasteiger charge is 2.14. The van der Waals surface area contributed by atoms with Crippen molar-refractivity contribution >= 4 is 0 Å². The molecule has 0 saturated heterocycles. The molecule has 0 aromatic carbocycles. The number of nitriles is 1. The third-order valence-corrected chi connectivity index (χ3v) is 2.94. The molecule has 74 valence electrons. The van der Waals surface area contributed by atoms with Crippen molar-refractivity contribution in [2.24, 2.45) is 5.92 Å². The van der Waals surface area contributed by atoms with Crippen molar-refractivity contribution in [1.29, 1.82) is 5.26 Å². The lowest BCUT2D eigenvalue weighted by molar-refractivity contribution is 0.335. The molecule has 1 saturated carbocycles. The summed E-state index contributed by atoms with van der Waals surface area (Å²) in [5.74, 6) is 0.830. The third-order valence-electron chi connectivity index (χ3n) is 2.94. The molecule has 1 aliphatic carbocycles. The molecule has 1 rings (SSSR count). The highest BCUT2D eigenvalue weighted by Crippen LogP contribution is 2.22. The Hall–Kier alpha value is -0.550. The Balaban J connectivity index is 2.13. The largest absolute Gasteiger partial charge is 0.302 e. The zero-order valence-corrected chi connectivity index (χ0v) is 8.55. The van der Waals surface area contributed by atoms with E-state index in [1.54, 1.807) is 0 Å². The molecule has 0 aliphatic heterocycles. The van der Waals surface area contributed by atoms with Crippen LogP contribution in [0, 0.1) is 17.2 Å². The Labute approximate surface area is 81.3 Å². The lowest BCUT2D eigenvalue weighted by Crippen LogP contribution is -2.32. The van der Waals surface area contributed by atoms with Gasteiger partial charge in [0.1, 0.15) is 0 Å². The van der Waals surface area contributed by atoms with E-state index in [0.29, 0.717) is 0 Å². The lowest BCUT2D eigenvalue weighted by Gasteiger charge is -2.22. The maximum Gasteiger partial charge on any atom is 0.0950 e. The van der Waals surface area contributed by atoms with Crippen LogP contribution in [0.2, 0.25) is 0 Å². The van der Waals surface area contributed by atoms with Gasteiger partial charge in [-0.25, -0.2) is 0 Å². The van der Waals surface area contributed by atoms with Gasteiger partial charge < -0.3 is 5.32 Å². The number of nitrogens with zero attached hydrogens (tertiary/aromatic N) is 1. The van der Waals surface area contributed by atoms with Gasteiger partial charge in [0.05, 0.1) is 12.1 Å². The summed E-state index contributed by atoms with van der Waals surface area (Å²) in [4.78, 5) is 0. The van der Waals surface area contributed by atoms with E-state index in [0.717, 1.165) is 18.9 Å². The molecule has 1 fully saturated rings. The highest BCUT2D eigenvalue weighted by atomic mass is 14.9. The quantitative estimate of drug-likeness (QED) is 0.721. The van der Waals surface area contributed by atoms with Crippen molar-refractivity contribution < 1.29 is 0 Å². The topological polar surface area (TPSA) is 35.8 Å². The summed E-state index contributed by atoms with van der Waals surface area (Å²) in [5.41, 5.74) is 0. The van der Waals surface area contributed by atoms with Crippen LogP contribution >= 0.6 is 0 Å². The Bertz CT molecular complexity index is 165. The molecule has 0 aromatic heterocycles. The second kappa shape index (κ2) is 5.99. The zero-order valence-electron chi connectivity index (χ0n) is 8.55. The summed E-state index contributed by atoms with van der Waals surface area (Å²) in [6, 6.07) is 2.35. The van der Waals surface area contributed by atoms with Gasteiger partial charge in [-0.3, -0.25) is 0 Å². The minimum Gasteiger partial charge on any atom is -0.302 e. The molecule has 13 heavy (non-hydrogen) atoms. The van der Waals surface area contributed by atoms with Gasteiger partial charge in [-0.2, -0.15) is 5.26 Å². The fraction of sp³-hybridized carbons (Fsp3) is 0.909. The van der Waals surface area contributed by atoms with Crippen molar-refractivity contribution in [3.63, 3.8) is 0 Å². The molecule has 1 aliphatic rings. The first-order chi connectivity index (χ1) is 6.36. The van der Waals surface area contributed by atoms with Crippen LogP contribution in [0.25, 0.3) is 0 Å². The lowest BCUT2D eigenvalue weighted by atomic mass is 9.89. The van der Waals surface area contributed by atoms with E-state index in [1.807, 2.05) is 0 Å². The minimum absolute atomic E-state index is 0.0712. The summed E-state index contributed by atoms with van der Waals surface area (Å²) in [6.45, 7) is 3.10. The molecule has 1 atom stereocenters. The van der Waals surface area contributed by atoms with Crippen molar-refractivity contribution in [3.8, 4) is 6.07 Å². The second-order valence-corrected chi connectivity index (χ2v) is 4.00. The van der Waals surface area contributed by atoms with Crippen LogP contribution in [0.4, 0.5) is 0 Å². The SMILES string of the molecule is CCC(C#N)NCC1CCCCC1. The van der Waals surface area contributed by atoms with E-state index < -0.39 is 0 Å². The first kappa shape index (κ1) is 10.5. The predicted octanol–water partition coefficient (Wildman–Crippen LogP) is 2.46. The zero-order chi connectivity index (χ0) is 9.52. The van der Waals surface area contributed by atoms with E-state index in [1.165, 1.54) is 32.1 Å². The molecule has 0 radical (unpaired) electrons. The van der Waals surface area contributed by atoms with E-state index in [9.17, 15) is 0 Å². The monoisotopic (exact) mass is 180 g/mol. The van der Waals surface area contributed by atoms with Crippen LogP contribution in [0.5, 0.6) is 0 Å². The molecular weight excluding hydrogens is 160 g/mol. The Morgan fingerprint density at radius 1 is 1.38 bits per heavy atom. The van der Waals surface area contributed by atoms with Gasteiger partial charge in [-0.1, -0.05) is 26.2 Å². The van der Waals surface area contributed by atoms with Crippen molar-refractivity contribution in [3.05, 3.63) is 0 Å². The first-order valence-corrected chi connectivity index (χ1v) is 5.49. The van der Waals surface area contributed by atoms with Crippen LogP contribution < -0.4 is 5.32 Å². The molecule has 2 heteroatoms. The summed E-state index contributed by atoms with van der Waals surface area (Å²) in [5, 5.41) is 12.1. The van der Waals surface area contributed by atoms with Gasteiger partial charge in [-0.05, 0) is 31.7 Å². The average molecular weight is 180 g/mol. The van der Waals surface area contributed by atoms with E-state index in [4.69, 9.17) is 5.26 Å². The fourth-order valence-electron chi connectivity index (χ4n) is 1.98. The van der Waals surface area contributed by atoms with Gasteiger partial charge >= 0.3 is 0 Å². The van der Waals surface area contributed by atoms with Gasteiger partial charge in [0, 0.05) is 0 Å². The number of hydrogen-bond acceptors (Lipinski definition) is 2. The summed E-state index contributed by atoms with van der Waals surface area (Å²) in [7, 11) is 0. The van der Waals surface area contributed by atoms with Gasteiger partial charge in [0.15, 0.2) is 0 Å². The molecule has 0 heterocycles. The minimum atomic E-state index is 0.0712. The molecule has 1 unspecified atom stereocenters. The average Bonchev–Trinajstić information content (AvgIpc) is 2.21. The van der Waals surface area contributed by atoms with Crippen LogP contribution in [0.15, 0.2) is 0 Å². The molecule has 2 nitrogen and oxygen atoms in total. The van der Waals surface area contributed by atoms with Crippen molar-refractivity contribution in [1.82, 2.24) is 5.32 Å². The summed E-state index contributed by atoms with van der Waals surface area (Å²) in [6.07, 6.45) is 7.81. The highest BCUT2D eigenvalue weighted by molar-refractivity contribution is 4.88. The molecule has 0 bridgehead atoms. The van der Waals surface area contributed by atoms with Crippen molar-refractivity contribution in [2.45, 2.75) is 51.5 Å². The maximum absolute atomic E-state index is 8.74. The van der Waals surface area contributed by atoms with Crippen LogP contribution in [-0.4, -0.2) is 12.6 Å². The van der Waals surface area contributed by atoms with Crippen LogP contribution in [-0.2, 0) is 0 Å². The number of nitrogens with one attached hydrogen (secondary N) is 1. The molecule has 0 aromatic rings. The van der Waals surface area contributed by atoms with E-state index >= 15 is 0 Å². The van der Waals surface area contributed by atoms with Gasteiger partial charge in [-0.15, -0.1) is 0 Å². The summed E-state index contributed by atoms with van der Waals surface area (Å²) < 4.78 is 0. The molecular formula is C11H20N2. The van der Waals surface area contributed by atoms with E-state index in [2.05, 4.69) is 18.3 Å². The van der Waals surface area contributed by atoms with Crippen LogP contribution in [0.3, 0.4) is 0 Å². The van der Waals surface area contributed by atoms with Crippen LogP contribution in [0.1, 0.15) is 45.4 Å².